The summed E-state index contributed by atoms with van der Waals surface area (Å²) < 4.78 is 17.0. The lowest BCUT2D eigenvalue weighted by atomic mass is 10.0. The Morgan fingerprint density at radius 3 is 2.63 bits per heavy atom. The fourth-order valence-corrected chi connectivity index (χ4v) is 2.90. The summed E-state index contributed by atoms with van der Waals surface area (Å²) in [6.07, 6.45) is 1.71. The second kappa shape index (κ2) is 6.73. The molecule has 2 rings (SSSR count). The van der Waals surface area contributed by atoms with Gasteiger partial charge >= 0.3 is 0 Å². The second-order valence-electron chi connectivity index (χ2n) is 4.38. The van der Waals surface area contributed by atoms with Crippen molar-refractivity contribution in [1.29, 1.82) is 0 Å². The maximum atomic E-state index is 12.9. The van der Waals surface area contributed by atoms with Gasteiger partial charge in [-0.05, 0) is 48.6 Å². The Bertz CT molecular complexity index is 510. The number of benzene rings is 1. The van der Waals surface area contributed by atoms with Gasteiger partial charge in [0.2, 0.25) is 0 Å². The first kappa shape index (κ1) is 14.1. The first-order chi connectivity index (χ1) is 9.24. The van der Waals surface area contributed by atoms with E-state index < -0.39 is 0 Å². The fourth-order valence-electron chi connectivity index (χ4n) is 2.09. The molecule has 0 radical (unpaired) electrons. The van der Waals surface area contributed by atoms with Crippen molar-refractivity contribution >= 4 is 11.5 Å². The van der Waals surface area contributed by atoms with E-state index in [2.05, 4.69) is 28.8 Å². The fraction of sp³-hybridized carbons (Fsp3) is 0.429. The number of nitrogens with one attached hydrogen (secondary N) is 1. The summed E-state index contributed by atoms with van der Waals surface area (Å²) in [6.45, 7) is 5.05. The molecule has 0 spiro atoms. The van der Waals surface area contributed by atoms with Gasteiger partial charge in [0.05, 0.1) is 10.6 Å². The molecule has 19 heavy (non-hydrogen) atoms. The molecular formula is C14H18FN3S. The quantitative estimate of drug-likeness (QED) is 0.882. The molecule has 0 amide bonds. The SMILES string of the molecule is CCNC(Cc1ccc(F)cc1)c1snnc1CC. The predicted molar refractivity (Wildman–Crippen MR) is 75.8 cm³/mol. The van der Waals surface area contributed by atoms with Gasteiger partial charge in [-0.25, -0.2) is 4.39 Å². The van der Waals surface area contributed by atoms with Crippen molar-refractivity contribution in [3.05, 3.63) is 46.2 Å². The van der Waals surface area contributed by atoms with E-state index in [1.165, 1.54) is 28.5 Å². The Hall–Kier alpha value is -1.33. The molecule has 0 fully saturated rings. The summed E-state index contributed by atoms with van der Waals surface area (Å²) in [5.41, 5.74) is 2.17. The molecule has 0 saturated carbocycles. The predicted octanol–water partition coefficient (Wildman–Crippen LogP) is 3.13. The number of aromatic nitrogens is 2. The first-order valence-electron chi connectivity index (χ1n) is 6.53. The zero-order chi connectivity index (χ0) is 13.7. The summed E-state index contributed by atoms with van der Waals surface area (Å²) in [4.78, 5) is 1.19. The summed E-state index contributed by atoms with van der Waals surface area (Å²) in [5.74, 6) is -0.197. The maximum Gasteiger partial charge on any atom is 0.123 e. The molecule has 5 heteroatoms. The maximum absolute atomic E-state index is 12.9. The van der Waals surface area contributed by atoms with Gasteiger partial charge in [-0.3, -0.25) is 0 Å². The summed E-state index contributed by atoms with van der Waals surface area (Å²) >= 11 is 1.45. The highest BCUT2D eigenvalue weighted by atomic mass is 32.1. The molecule has 1 aromatic heterocycles. The summed E-state index contributed by atoms with van der Waals surface area (Å²) in [6, 6.07) is 6.87. The molecule has 0 bridgehead atoms. The largest absolute Gasteiger partial charge is 0.309 e. The molecule has 0 aliphatic rings. The standard InChI is InChI=1S/C14H18FN3S/c1-3-12-14(19-18-17-12)13(16-4-2)9-10-5-7-11(15)8-6-10/h5-8,13,16H,3-4,9H2,1-2H3. The van der Waals surface area contributed by atoms with Crippen LogP contribution in [0, 0.1) is 5.82 Å². The number of likely N-dealkylation sites (N-methyl/N-ethyl adjacent to an activating group) is 1. The van der Waals surface area contributed by atoms with Crippen LogP contribution >= 0.6 is 11.5 Å². The minimum Gasteiger partial charge on any atom is -0.309 e. The molecule has 0 aliphatic carbocycles. The van der Waals surface area contributed by atoms with E-state index in [-0.39, 0.29) is 11.9 Å². The number of aryl methyl sites for hydroxylation is 1. The van der Waals surface area contributed by atoms with E-state index in [9.17, 15) is 4.39 Å². The van der Waals surface area contributed by atoms with Gasteiger partial charge in [-0.1, -0.05) is 30.5 Å². The Morgan fingerprint density at radius 1 is 1.26 bits per heavy atom. The van der Waals surface area contributed by atoms with Crippen molar-refractivity contribution < 1.29 is 4.39 Å². The third-order valence-electron chi connectivity index (χ3n) is 3.04. The monoisotopic (exact) mass is 279 g/mol. The Labute approximate surface area is 117 Å². The van der Waals surface area contributed by atoms with Crippen LogP contribution in [0.5, 0.6) is 0 Å². The number of hydrogen-bond acceptors (Lipinski definition) is 4. The lowest BCUT2D eigenvalue weighted by Crippen LogP contribution is -2.23. The summed E-state index contributed by atoms with van der Waals surface area (Å²) in [7, 11) is 0. The van der Waals surface area contributed by atoms with Crippen LogP contribution < -0.4 is 5.32 Å². The van der Waals surface area contributed by atoms with Crippen LogP contribution in [0.25, 0.3) is 0 Å². The highest BCUT2D eigenvalue weighted by Gasteiger charge is 2.18. The van der Waals surface area contributed by atoms with E-state index in [1.54, 1.807) is 0 Å². The zero-order valence-corrected chi connectivity index (χ0v) is 12.0. The van der Waals surface area contributed by atoms with Crippen LogP contribution in [0.2, 0.25) is 0 Å². The molecule has 1 unspecified atom stereocenters. The van der Waals surface area contributed by atoms with E-state index in [0.717, 1.165) is 30.6 Å². The molecule has 0 aliphatic heterocycles. The van der Waals surface area contributed by atoms with E-state index in [0.29, 0.717) is 0 Å². The van der Waals surface area contributed by atoms with Crippen LogP contribution in [0.15, 0.2) is 24.3 Å². The minimum absolute atomic E-state index is 0.197. The number of hydrogen-bond donors (Lipinski definition) is 1. The van der Waals surface area contributed by atoms with Crippen molar-refractivity contribution in [3.8, 4) is 0 Å². The zero-order valence-electron chi connectivity index (χ0n) is 11.2. The van der Waals surface area contributed by atoms with Gasteiger partial charge in [-0.15, -0.1) is 5.10 Å². The van der Waals surface area contributed by atoms with Gasteiger partial charge in [0.15, 0.2) is 0 Å². The van der Waals surface area contributed by atoms with Gasteiger partial charge in [0.25, 0.3) is 0 Å². The lowest BCUT2D eigenvalue weighted by molar-refractivity contribution is 0.552. The normalized spacial score (nSPS) is 12.6. The Balaban J connectivity index is 2.18. The molecule has 2 aromatic rings. The van der Waals surface area contributed by atoms with Gasteiger partial charge in [0.1, 0.15) is 5.82 Å². The van der Waals surface area contributed by atoms with Crippen LogP contribution in [0.3, 0.4) is 0 Å². The number of nitrogens with zero attached hydrogens (tertiary/aromatic N) is 2. The molecule has 102 valence electrons. The van der Waals surface area contributed by atoms with Crippen molar-refractivity contribution in [3.63, 3.8) is 0 Å². The topological polar surface area (TPSA) is 37.8 Å². The third-order valence-corrected chi connectivity index (χ3v) is 3.92. The molecule has 1 aromatic carbocycles. The van der Waals surface area contributed by atoms with Crippen LogP contribution in [0.1, 0.15) is 36.0 Å². The molecule has 1 atom stereocenters. The molecule has 3 nitrogen and oxygen atoms in total. The average Bonchev–Trinajstić information content (AvgIpc) is 2.89. The highest BCUT2D eigenvalue weighted by Crippen LogP contribution is 2.24. The van der Waals surface area contributed by atoms with Gasteiger partial charge in [-0.2, -0.15) is 0 Å². The van der Waals surface area contributed by atoms with Gasteiger partial charge < -0.3 is 5.32 Å². The molecular weight excluding hydrogens is 261 g/mol. The number of rotatable bonds is 6. The molecule has 1 heterocycles. The smallest absolute Gasteiger partial charge is 0.123 e. The lowest BCUT2D eigenvalue weighted by Gasteiger charge is -2.17. The van der Waals surface area contributed by atoms with Crippen LogP contribution in [0.4, 0.5) is 4.39 Å². The Kier molecular flexibility index (Phi) is 4.99. The summed E-state index contributed by atoms with van der Waals surface area (Å²) in [5, 5.41) is 7.62. The van der Waals surface area contributed by atoms with E-state index in [4.69, 9.17) is 0 Å². The van der Waals surface area contributed by atoms with Crippen molar-refractivity contribution in [2.24, 2.45) is 0 Å². The minimum atomic E-state index is -0.197. The molecule has 1 N–H and O–H groups in total. The van der Waals surface area contributed by atoms with E-state index >= 15 is 0 Å². The number of halogens is 1. The molecule has 0 saturated heterocycles. The van der Waals surface area contributed by atoms with Crippen LogP contribution in [-0.2, 0) is 12.8 Å². The van der Waals surface area contributed by atoms with Crippen LogP contribution in [-0.4, -0.2) is 16.1 Å². The average molecular weight is 279 g/mol. The second-order valence-corrected chi connectivity index (χ2v) is 5.16. The van der Waals surface area contributed by atoms with Crippen molar-refractivity contribution in [2.45, 2.75) is 32.7 Å². The van der Waals surface area contributed by atoms with Crippen molar-refractivity contribution in [1.82, 2.24) is 14.9 Å². The van der Waals surface area contributed by atoms with Gasteiger partial charge in [0, 0.05) is 6.04 Å². The first-order valence-corrected chi connectivity index (χ1v) is 7.30. The van der Waals surface area contributed by atoms with E-state index in [1.807, 2.05) is 12.1 Å². The third kappa shape index (κ3) is 3.58. The van der Waals surface area contributed by atoms with Crippen molar-refractivity contribution in [2.75, 3.05) is 6.54 Å². The highest BCUT2D eigenvalue weighted by molar-refractivity contribution is 7.05. The Morgan fingerprint density at radius 2 is 2.00 bits per heavy atom.